The molecule has 6 heteroatoms. The van der Waals surface area contributed by atoms with Gasteiger partial charge in [0.1, 0.15) is 11.6 Å². The Morgan fingerprint density at radius 2 is 2.05 bits per heavy atom. The van der Waals surface area contributed by atoms with Gasteiger partial charge in [-0.25, -0.2) is 0 Å². The Hall–Kier alpha value is -1.43. The predicted molar refractivity (Wildman–Crippen MR) is 88.2 cm³/mol. The van der Waals surface area contributed by atoms with Crippen LogP contribution in [0.2, 0.25) is 5.02 Å². The highest BCUT2D eigenvalue weighted by Crippen LogP contribution is 2.25. The van der Waals surface area contributed by atoms with Crippen LogP contribution in [-0.2, 0) is 13.1 Å². The molecule has 0 saturated carbocycles. The van der Waals surface area contributed by atoms with Crippen LogP contribution in [0.4, 0.5) is 0 Å². The van der Waals surface area contributed by atoms with E-state index in [1.165, 1.54) is 5.56 Å². The first-order valence-electron chi connectivity index (χ1n) is 7.76. The van der Waals surface area contributed by atoms with Gasteiger partial charge >= 0.3 is 0 Å². The number of rotatable bonds is 5. The third kappa shape index (κ3) is 3.32. The third-order valence-corrected chi connectivity index (χ3v) is 4.22. The molecule has 0 radical (unpaired) electrons. The van der Waals surface area contributed by atoms with Crippen molar-refractivity contribution in [1.82, 2.24) is 25.4 Å². The molecule has 1 unspecified atom stereocenters. The summed E-state index contributed by atoms with van der Waals surface area (Å²) >= 11 is 6.03. The molecular weight excluding hydrogens is 298 g/mol. The highest BCUT2D eigenvalue weighted by molar-refractivity contribution is 6.30. The molecule has 118 valence electrons. The van der Waals surface area contributed by atoms with E-state index >= 15 is 0 Å². The summed E-state index contributed by atoms with van der Waals surface area (Å²) < 4.78 is 2.25. The molecule has 5 nitrogen and oxygen atoms in total. The molecule has 0 bridgehead atoms. The molecular formula is C16H22ClN5. The second-order valence-corrected chi connectivity index (χ2v) is 6.41. The molecule has 1 aromatic carbocycles. The number of hydrogen-bond donors (Lipinski definition) is 2. The largest absolute Gasteiger partial charge is 0.313 e. The first-order chi connectivity index (χ1) is 10.6. The zero-order chi connectivity index (χ0) is 15.5. The summed E-state index contributed by atoms with van der Waals surface area (Å²) in [5.74, 6) is 2.23. The Morgan fingerprint density at radius 1 is 1.27 bits per heavy atom. The fourth-order valence-electron chi connectivity index (χ4n) is 2.78. The summed E-state index contributed by atoms with van der Waals surface area (Å²) in [5, 5.41) is 16.4. The van der Waals surface area contributed by atoms with Crippen LogP contribution in [0.25, 0.3) is 0 Å². The number of nitrogens with one attached hydrogen (secondary N) is 2. The molecule has 0 amide bonds. The lowest BCUT2D eigenvalue weighted by atomic mass is 9.97. The maximum Gasteiger partial charge on any atom is 0.147 e. The van der Waals surface area contributed by atoms with E-state index in [4.69, 9.17) is 11.6 Å². The fraction of sp³-hybridized carbons (Fsp3) is 0.500. The van der Waals surface area contributed by atoms with E-state index in [0.29, 0.717) is 6.04 Å². The molecule has 2 N–H and O–H groups in total. The van der Waals surface area contributed by atoms with Crippen LogP contribution in [0.3, 0.4) is 0 Å². The minimum Gasteiger partial charge on any atom is -0.313 e. The van der Waals surface area contributed by atoms with Crippen molar-refractivity contribution < 1.29 is 0 Å². The van der Waals surface area contributed by atoms with Crippen LogP contribution in [0, 0.1) is 0 Å². The molecule has 0 aliphatic carbocycles. The van der Waals surface area contributed by atoms with Crippen LogP contribution >= 0.6 is 11.6 Å². The second-order valence-electron chi connectivity index (χ2n) is 5.97. The highest BCUT2D eigenvalue weighted by Gasteiger charge is 2.24. The minimum absolute atomic E-state index is 0.180. The van der Waals surface area contributed by atoms with Gasteiger partial charge in [-0.1, -0.05) is 37.6 Å². The van der Waals surface area contributed by atoms with Crippen molar-refractivity contribution >= 4 is 11.6 Å². The van der Waals surface area contributed by atoms with Gasteiger partial charge < -0.3 is 15.2 Å². The lowest BCUT2D eigenvalue weighted by molar-refractivity contribution is 0.475. The number of nitrogens with zero attached hydrogens (tertiary/aromatic N) is 3. The lowest BCUT2D eigenvalue weighted by Crippen LogP contribution is -2.33. The van der Waals surface area contributed by atoms with Crippen molar-refractivity contribution in [2.75, 3.05) is 13.1 Å². The zero-order valence-corrected chi connectivity index (χ0v) is 13.8. The Kier molecular flexibility index (Phi) is 4.76. The van der Waals surface area contributed by atoms with E-state index in [0.717, 1.165) is 42.9 Å². The Bertz CT molecular complexity index is 620. The second kappa shape index (κ2) is 6.77. The predicted octanol–water partition coefficient (Wildman–Crippen LogP) is 2.16. The minimum atomic E-state index is 0.180. The molecule has 2 aromatic rings. The van der Waals surface area contributed by atoms with Gasteiger partial charge in [0.25, 0.3) is 0 Å². The van der Waals surface area contributed by atoms with Crippen molar-refractivity contribution in [1.29, 1.82) is 0 Å². The molecule has 1 aliphatic heterocycles. The van der Waals surface area contributed by atoms with Gasteiger partial charge in [0.2, 0.25) is 0 Å². The Balaban J connectivity index is 1.94. The molecule has 1 aliphatic rings. The van der Waals surface area contributed by atoms with Gasteiger partial charge in [0.15, 0.2) is 0 Å². The van der Waals surface area contributed by atoms with Crippen molar-refractivity contribution in [2.45, 2.75) is 38.9 Å². The smallest absolute Gasteiger partial charge is 0.147 e. The third-order valence-electron chi connectivity index (χ3n) is 3.97. The van der Waals surface area contributed by atoms with E-state index in [9.17, 15) is 0 Å². The summed E-state index contributed by atoms with van der Waals surface area (Å²) in [6, 6.07) is 8.47. The number of fused-ring (bicyclic) bond motifs is 1. The van der Waals surface area contributed by atoms with E-state index < -0.39 is 0 Å². The number of hydrogen-bond acceptors (Lipinski definition) is 4. The molecule has 3 rings (SSSR count). The van der Waals surface area contributed by atoms with Gasteiger partial charge in [-0.05, 0) is 17.7 Å². The van der Waals surface area contributed by atoms with E-state index in [1.54, 1.807) is 0 Å². The van der Waals surface area contributed by atoms with Crippen molar-refractivity contribution in [3.05, 3.63) is 46.5 Å². The van der Waals surface area contributed by atoms with E-state index in [1.807, 2.05) is 12.1 Å². The summed E-state index contributed by atoms with van der Waals surface area (Å²) in [6.07, 6.45) is 0. The van der Waals surface area contributed by atoms with Crippen LogP contribution in [-0.4, -0.2) is 33.9 Å². The maximum atomic E-state index is 6.03. The van der Waals surface area contributed by atoms with Crippen LogP contribution in [0.5, 0.6) is 0 Å². The average Bonchev–Trinajstić information content (AvgIpc) is 2.93. The Labute approximate surface area is 136 Å². The lowest BCUT2D eigenvalue weighted by Gasteiger charge is -2.22. The Morgan fingerprint density at radius 3 is 2.77 bits per heavy atom. The summed E-state index contributed by atoms with van der Waals surface area (Å²) in [7, 11) is 0. The SMILES string of the molecule is CC(C)NCC(c1ccc(Cl)cc1)c1nnc2n1CCNC2. The molecule has 1 atom stereocenters. The van der Waals surface area contributed by atoms with Crippen molar-refractivity contribution in [3.8, 4) is 0 Å². The van der Waals surface area contributed by atoms with E-state index in [-0.39, 0.29) is 5.92 Å². The fourth-order valence-corrected chi connectivity index (χ4v) is 2.91. The van der Waals surface area contributed by atoms with Crippen LogP contribution in [0.15, 0.2) is 24.3 Å². The number of aromatic nitrogens is 3. The van der Waals surface area contributed by atoms with Crippen molar-refractivity contribution in [3.63, 3.8) is 0 Å². The molecule has 0 spiro atoms. The normalized spacial score (nSPS) is 15.8. The topological polar surface area (TPSA) is 54.8 Å². The maximum absolute atomic E-state index is 6.03. The average molecular weight is 320 g/mol. The van der Waals surface area contributed by atoms with Crippen molar-refractivity contribution in [2.24, 2.45) is 0 Å². The van der Waals surface area contributed by atoms with Crippen LogP contribution in [0.1, 0.15) is 37.0 Å². The van der Waals surface area contributed by atoms with Gasteiger partial charge in [-0.15, -0.1) is 10.2 Å². The first kappa shape index (κ1) is 15.5. The molecule has 2 heterocycles. The van der Waals surface area contributed by atoms with Gasteiger partial charge in [0, 0.05) is 30.7 Å². The quantitative estimate of drug-likeness (QED) is 0.887. The molecule has 0 fully saturated rings. The zero-order valence-electron chi connectivity index (χ0n) is 13.0. The van der Waals surface area contributed by atoms with Crippen LogP contribution < -0.4 is 10.6 Å². The number of halogens is 1. The standard InChI is InChI=1S/C16H22ClN5/c1-11(2)19-9-14(12-3-5-13(17)6-4-12)16-21-20-15-10-18-7-8-22(15)16/h3-6,11,14,18-19H,7-10H2,1-2H3. The summed E-state index contributed by atoms with van der Waals surface area (Å²) in [6.45, 7) is 7.82. The summed E-state index contributed by atoms with van der Waals surface area (Å²) in [5.41, 5.74) is 1.21. The molecule has 0 saturated heterocycles. The van der Waals surface area contributed by atoms with Gasteiger partial charge in [-0.3, -0.25) is 0 Å². The molecule has 1 aromatic heterocycles. The van der Waals surface area contributed by atoms with E-state index in [2.05, 4.69) is 51.4 Å². The monoisotopic (exact) mass is 319 g/mol. The highest BCUT2D eigenvalue weighted by atomic mass is 35.5. The van der Waals surface area contributed by atoms with Gasteiger partial charge in [-0.2, -0.15) is 0 Å². The van der Waals surface area contributed by atoms with Gasteiger partial charge in [0.05, 0.1) is 12.5 Å². The molecule has 22 heavy (non-hydrogen) atoms. The number of benzene rings is 1. The first-order valence-corrected chi connectivity index (χ1v) is 8.14. The summed E-state index contributed by atoms with van der Waals surface area (Å²) in [4.78, 5) is 0.